The number of amides is 1. The molecule has 3 heterocycles. The predicted octanol–water partition coefficient (Wildman–Crippen LogP) is 0.581. The zero-order valence-corrected chi connectivity index (χ0v) is 17.6. The SMILES string of the molecule is CN(C)c1nc2c(c(N3CCC(O)CC3)n1)CN(C(=O)CCN)CC2.Cl.Cl. The molecule has 8 nitrogen and oxygen atoms in total. The normalized spacial score (nSPS) is 16.9. The van der Waals surface area contributed by atoms with Gasteiger partial charge in [-0.2, -0.15) is 4.98 Å². The molecule has 2 aliphatic heterocycles. The number of anilines is 2. The highest BCUT2D eigenvalue weighted by Crippen LogP contribution is 2.30. The van der Waals surface area contributed by atoms with Gasteiger partial charge in [0.25, 0.3) is 0 Å². The number of aromatic nitrogens is 2. The Kier molecular flexibility index (Phi) is 9.01. The number of carbonyl (C=O) groups excluding carboxylic acids is 1. The average Bonchev–Trinajstić information content (AvgIpc) is 2.61. The molecule has 0 radical (unpaired) electrons. The quantitative estimate of drug-likeness (QED) is 0.734. The van der Waals surface area contributed by atoms with E-state index in [0.29, 0.717) is 32.0 Å². The van der Waals surface area contributed by atoms with Crippen LogP contribution in [0.2, 0.25) is 0 Å². The van der Waals surface area contributed by atoms with Crippen LogP contribution in [-0.4, -0.2) is 72.3 Å². The maximum atomic E-state index is 12.3. The third kappa shape index (κ3) is 5.34. The lowest BCUT2D eigenvalue weighted by Gasteiger charge is -2.36. The van der Waals surface area contributed by atoms with Crippen LogP contribution in [0, 0.1) is 0 Å². The third-order valence-corrected chi connectivity index (χ3v) is 4.90. The summed E-state index contributed by atoms with van der Waals surface area (Å²) in [4.78, 5) is 27.7. The number of hydrogen-bond acceptors (Lipinski definition) is 7. The van der Waals surface area contributed by atoms with Gasteiger partial charge in [-0.1, -0.05) is 0 Å². The second-order valence-corrected chi connectivity index (χ2v) is 6.99. The van der Waals surface area contributed by atoms with Crippen LogP contribution in [0.3, 0.4) is 0 Å². The first-order valence-electron chi connectivity index (χ1n) is 8.97. The molecule has 1 amide bonds. The Morgan fingerprint density at radius 2 is 1.89 bits per heavy atom. The number of nitrogens with zero attached hydrogens (tertiary/aromatic N) is 5. The van der Waals surface area contributed by atoms with E-state index in [4.69, 9.17) is 15.7 Å². The third-order valence-electron chi connectivity index (χ3n) is 4.90. The minimum absolute atomic E-state index is 0. The standard InChI is InChI=1S/C17H28N6O2.2ClH/c1-21(2)17-19-14-6-10-23(15(25)3-7-18)11-13(14)16(20-17)22-8-4-12(24)5-9-22;;/h12,24H,3-11,18H2,1-2H3;2*1H. The maximum Gasteiger partial charge on any atom is 0.227 e. The van der Waals surface area contributed by atoms with Gasteiger partial charge in [-0.15, -0.1) is 24.8 Å². The molecule has 0 aromatic carbocycles. The Labute approximate surface area is 172 Å². The van der Waals surface area contributed by atoms with Crippen molar-refractivity contribution in [3.8, 4) is 0 Å². The summed E-state index contributed by atoms with van der Waals surface area (Å²) in [6.45, 7) is 3.13. The molecule has 0 spiro atoms. The van der Waals surface area contributed by atoms with Crippen LogP contribution in [0.4, 0.5) is 11.8 Å². The molecule has 0 atom stereocenters. The van der Waals surface area contributed by atoms with Crippen molar-refractivity contribution in [1.29, 1.82) is 0 Å². The lowest BCUT2D eigenvalue weighted by Crippen LogP contribution is -2.41. The van der Waals surface area contributed by atoms with Crippen LogP contribution in [0.25, 0.3) is 0 Å². The van der Waals surface area contributed by atoms with Crippen LogP contribution in [0.15, 0.2) is 0 Å². The van der Waals surface area contributed by atoms with Crippen molar-refractivity contribution < 1.29 is 9.90 Å². The van der Waals surface area contributed by atoms with Crippen molar-refractivity contribution in [3.63, 3.8) is 0 Å². The topological polar surface area (TPSA) is 98.8 Å². The van der Waals surface area contributed by atoms with E-state index in [0.717, 1.165) is 49.4 Å². The van der Waals surface area contributed by atoms with E-state index in [1.165, 1.54) is 0 Å². The van der Waals surface area contributed by atoms with Crippen molar-refractivity contribution >= 4 is 42.5 Å². The molecule has 3 N–H and O–H groups in total. The minimum atomic E-state index is -0.232. The Bertz CT molecular complexity index is 638. The molecule has 1 aromatic heterocycles. The first kappa shape index (κ1) is 23.7. The van der Waals surface area contributed by atoms with E-state index in [2.05, 4.69) is 4.90 Å². The molecule has 0 bridgehead atoms. The summed E-state index contributed by atoms with van der Waals surface area (Å²) in [6, 6.07) is 0. The highest BCUT2D eigenvalue weighted by Gasteiger charge is 2.29. The van der Waals surface area contributed by atoms with Gasteiger partial charge < -0.3 is 25.5 Å². The van der Waals surface area contributed by atoms with Crippen LogP contribution in [0.1, 0.15) is 30.5 Å². The molecule has 154 valence electrons. The molecule has 1 saturated heterocycles. The van der Waals surface area contributed by atoms with E-state index in [1.807, 2.05) is 23.9 Å². The maximum absolute atomic E-state index is 12.3. The van der Waals surface area contributed by atoms with E-state index in [1.54, 1.807) is 0 Å². The summed E-state index contributed by atoms with van der Waals surface area (Å²) in [6.07, 6.45) is 2.36. The molecule has 0 unspecified atom stereocenters. The molecule has 1 aromatic rings. The smallest absolute Gasteiger partial charge is 0.227 e. The van der Waals surface area contributed by atoms with Crippen molar-refractivity contribution in [2.75, 3.05) is 50.1 Å². The van der Waals surface area contributed by atoms with Gasteiger partial charge in [0.1, 0.15) is 5.82 Å². The zero-order valence-electron chi connectivity index (χ0n) is 15.9. The van der Waals surface area contributed by atoms with E-state index < -0.39 is 0 Å². The molecule has 1 fully saturated rings. The van der Waals surface area contributed by atoms with Gasteiger partial charge in [0.05, 0.1) is 18.3 Å². The number of carbonyl (C=O) groups is 1. The summed E-state index contributed by atoms with van der Waals surface area (Å²) in [5.41, 5.74) is 7.60. The number of piperidine rings is 1. The first-order chi connectivity index (χ1) is 12.0. The number of hydrogen-bond donors (Lipinski definition) is 2. The van der Waals surface area contributed by atoms with E-state index in [-0.39, 0.29) is 36.8 Å². The number of aliphatic hydroxyl groups excluding tert-OH is 1. The van der Waals surface area contributed by atoms with Crippen LogP contribution < -0.4 is 15.5 Å². The second-order valence-electron chi connectivity index (χ2n) is 6.99. The summed E-state index contributed by atoms with van der Waals surface area (Å²) < 4.78 is 0. The van der Waals surface area contributed by atoms with E-state index in [9.17, 15) is 9.90 Å². The van der Waals surface area contributed by atoms with Gasteiger partial charge in [0.2, 0.25) is 11.9 Å². The molecule has 3 rings (SSSR count). The largest absolute Gasteiger partial charge is 0.393 e. The Balaban J connectivity index is 0.00000182. The Hall–Kier alpha value is -1.35. The lowest BCUT2D eigenvalue weighted by molar-refractivity contribution is -0.131. The minimum Gasteiger partial charge on any atom is -0.393 e. The van der Waals surface area contributed by atoms with Crippen molar-refractivity contribution in [2.24, 2.45) is 5.73 Å². The fourth-order valence-corrected chi connectivity index (χ4v) is 3.42. The summed E-state index contributed by atoms with van der Waals surface area (Å²) >= 11 is 0. The Morgan fingerprint density at radius 1 is 1.22 bits per heavy atom. The van der Waals surface area contributed by atoms with Crippen molar-refractivity contribution in [3.05, 3.63) is 11.3 Å². The number of nitrogens with two attached hydrogens (primary N) is 1. The van der Waals surface area contributed by atoms with Gasteiger partial charge in [0.15, 0.2) is 0 Å². The number of aliphatic hydroxyl groups is 1. The van der Waals surface area contributed by atoms with Crippen molar-refractivity contribution in [1.82, 2.24) is 14.9 Å². The first-order valence-corrected chi connectivity index (χ1v) is 8.97. The van der Waals surface area contributed by atoms with Gasteiger partial charge in [-0.05, 0) is 12.8 Å². The summed E-state index contributed by atoms with van der Waals surface area (Å²) in [5, 5.41) is 9.80. The fourth-order valence-electron chi connectivity index (χ4n) is 3.42. The molecule has 0 aliphatic carbocycles. The lowest BCUT2D eigenvalue weighted by atomic mass is 10.0. The molecular weight excluding hydrogens is 391 g/mol. The fraction of sp³-hybridized carbons (Fsp3) is 0.706. The predicted molar refractivity (Wildman–Crippen MR) is 111 cm³/mol. The van der Waals surface area contributed by atoms with Crippen LogP contribution >= 0.6 is 24.8 Å². The van der Waals surface area contributed by atoms with Gasteiger partial charge in [0, 0.05) is 58.7 Å². The van der Waals surface area contributed by atoms with Gasteiger partial charge in [-0.3, -0.25) is 4.79 Å². The highest BCUT2D eigenvalue weighted by atomic mass is 35.5. The number of rotatable bonds is 4. The molecule has 0 saturated carbocycles. The average molecular weight is 421 g/mol. The van der Waals surface area contributed by atoms with E-state index >= 15 is 0 Å². The van der Waals surface area contributed by atoms with Gasteiger partial charge in [-0.25, -0.2) is 4.98 Å². The van der Waals surface area contributed by atoms with Crippen LogP contribution in [-0.2, 0) is 17.8 Å². The highest BCUT2D eigenvalue weighted by molar-refractivity contribution is 5.85. The summed E-state index contributed by atoms with van der Waals surface area (Å²) in [5.74, 6) is 1.69. The van der Waals surface area contributed by atoms with Crippen LogP contribution in [0.5, 0.6) is 0 Å². The zero-order chi connectivity index (χ0) is 18.0. The molecule has 2 aliphatic rings. The Morgan fingerprint density at radius 3 is 2.48 bits per heavy atom. The molecular formula is C17H30Cl2N6O2. The second kappa shape index (κ2) is 10.3. The van der Waals surface area contributed by atoms with Crippen molar-refractivity contribution in [2.45, 2.75) is 38.3 Å². The number of fused-ring (bicyclic) bond motifs is 1. The monoisotopic (exact) mass is 420 g/mol. The summed E-state index contributed by atoms with van der Waals surface area (Å²) in [7, 11) is 3.87. The molecule has 27 heavy (non-hydrogen) atoms. The number of halogens is 2. The van der Waals surface area contributed by atoms with Gasteiger partial charge >= 0.3 is 0 Å². The molecule has 10 heteroatoms.